The van der Waals surface area contributed by atoms with Crippen molar-refractivity contribution >= 4 is 34.1 Å². The first-order valence-electron chi connectivity index (χ1n) is 6.74. The molecule has 1 aromatic heterocycles. The third-order valence-electron chi connectivity index (χ3n) is 3.37. The Kier molecular flexibility index (Phi) is 4.27. The Bertz CT molecular complexity index is 798. The maximum Gasteiger partial charge on any atom is 0.130 e. The smallest absolute Gasteiger partial charge is 0.130 e. The van der Waals surface area contributed by atoms with E-state index in [2.05, 4.69) is 11.9 Å². The van der Waals surface area contributed by atoms with Gasteiger partial charge in [0, 0.05) is 12.6 Å². The fourth-order valence-electron chi connectivity index (χ4n) is 2.35. The van der Waals surface area contributed by atoms with Crippen LogP contribution in [0.4, 0.5) is 4.39 Å². The molecule has 0 saturated carbocycles. The van der Waals surface area contributed by atoms with Gasteiger partial charge in [0.05, 0.1) is 20.9 Å². The van der Waals surface area contributed by atoms with Crippen LogP contribution in [0.25, 0.3) is 10.9 Å². The zero-order valence-corrected chi connectivity index (χ0v) is 13.1. The van der Waals surface area contributed by atoms with Crippen molar-refractivity contribution < 1.29 is 9.13 Å². The molecular weight excluding hydrogens is 324 g/mol. The van der Waals surface area contributed by atoms with Crippen molar-refractivity contribution in [1.82, 2.24) is 4.98 Å². The Morgan fingerprint density at radius 1 is 1.09 bits per heavy atom. The number of nitrogens with one attached hydrogen (secondary N) is 1. The van der Waals surface area contributed by atoms with Gasteiger partial charge in [-0.2, -0.15) is 0 Å². The molecule has 1 heterocycles. The molecule has 1 radical (unpaired) electrons. The van der Waals surface area contributed by atoms with E-state index in [-0.39, 0.29) is 11.9 Å². The SMILES string of the molecule is [CH2]C(Cc1ccc(F)cc1)Oc1ccc(Cl)c2[nH]cc(Cl)c12. The second-order valence-electron chi connectivity index (χ2n) is 5.00. The standard InChI is InChI=1S/C17H13Cl2FNO/c1-10(8-11-2-4-12(20)5-3-11)22-15-7-6-13(18)17-16(15)14(19)9-21-17/h2-7,9-10,21H,1,8H2. The molecule has 3 rings (SSSR count). The summed E-state index contributed by atoms with van der Waals surface area (Å²) < 4.78 is 18.8. The van der Waals surface area contributed by atoms with E-state index in [4.69, 9.17) is 27.9 Å². The monoisotopic (exact) mass is 336 g/mol. The van der Waals surface area contributed by atoms with Crippen molar-refractivity contribution in [2.24, 2.45) is 0 Å². The van der Waals surface area contributed by atoms with Crippen LogP contribution in [-0.4, -0.2) is 11.1 Å². The van der Waals surface area contributed by atoms with Gasteiger partial charge in [0.25, 0.3) is 0 Å². The highest BCUT2D eigenvalue weighted by Gasteiger charge is 2.14. The van der Waals surface area contributed by atoms with Gasteiger partial charge >= 0.3 is 0 Å². The average molecular weight is 337 g/mol. The Hall–Kier alpha value is -1.71. The average Bonchev–Trinajstić information content (AvgIpc) is 2.88. The molecule has 2 nitrogen and oxygen atoms in total. The van der Waals surface area contributed by atoms with E-state index < -0.39 is 0 Å². The van der Waals surface area contributed by atoms with Crippen molar-refractivity contribution in [2.75, 3.05) is 0 Å². The minimum absolute atomic E-state index is 0.260. The Balaban J connectivity index is 1.82. The molecule has 113 valence electrons. The number of halogens is 3. The van der Waals surface area contributed by atoms with E-state index in [0.29, 0.717) is 22.2 Å². The maximum atomic E-state index is 12.9. The first kappa shape index (κ1) is 15.2. The van der Waals surface area contributed by atoms with Gasteiger partial charge in [-0.05, 0) is 36.8 Å². The number of aromatic nitrogens is 1. The van der Waals surface area contributed by atoms with Crippen LogP contribution in [0.5, 0.6) is 5.75 Å². The van der Waals surface area contributed by atoms with Crippen molar-refractivity contribution in [2.45, 2.75) is 12.5 Å². The number of fused-ring (bicyclic) bond motifs is 1. The minimum Gasteiger partial charge on any atom is -0.489 e. The van der Waals surface area contributed by atoms with Crippen LogP contribution in [0.1, 0.15) is 5.56 Å². The Morgan fingerprint density at radius 2 is 1.82 bits per heavy atom. The molecule has 0 aliphatic rings. The summed E-state index contributed by atoms with van der Waals surface area (Å²) in [6.07, 6.45) is 1.90. The molecule has 1 unspecified atom stereocenters. The number of rotatable bonds is 4. The lowest BCUT2D eigenvalue weighted by Gasteiger charge is -2.16. The van der Waals surface area contributed by atoms with Crippen molar-refractivity contribution in [3.05, 3.63) is 70.9 Å². The third-order valence-corrected chi connectivity index (χ3v) is 3.98. The highest BCUT2D eigenvalue weighted by molar-refractivity contribution is 6.40. The number of aromatic amines is 1. The largest absolute Gasteiger partial charge is 0.489 e. The molecule has 1 N–H and O–H groups in total. The highest BCUT2D eigenvalue weighted by Crippen LogP contribution is 2.36. The highest BCUT2D eigenvalue weighted by atomic mass is 35.5. The summed E-state index contributed by atoms with van der Waals surface area (Å²) in [5, 5.41) is 1.86. The molecular formula is C17H13Cl2FNO. The number of hydrogen-bond donors (Lipinski definition) is 1. The quantitative estimate of drug-likeness (QED) is 0.674. The topological polar surface area (TPSA) is 25.0 Å². The predicted molar refractivity (Wildman–Crippen MR) is 88.2 cm³/mol. The van der Waals surface area contributed by atoms with Crippen LogP contribution < -0.4 is 4.74 Å². The second-order valence-corrected chi connectivity index (χ2v) is 5.82. The lowest BCUT2D eigenvalue weighted by molar-refractivity contribution is 0.250. The molecule has 3 aromatic rings. The van der Waals surface area contributed by atoms with Crippen LogP contribution in [0.15, 0.2) is 42.6 Å². The summed E-state index contributed by atoms with van der Waals surface area (Å²) in [7, 11) is 0. The van der Waals surface area contributed by atoms with Gasteiger partial charge in [0.1, 0.15) is 17.7 Å². The lowest BCUT2D eigenvalue weighted by Crippen LogP contribution is -2.15. The van der Waals surface area contributed by atoms with Gasteiger partial charge in [0.15, 0.2) is 0 Å². The molecule has 0 aliphatic heterocycles. The fourth-order valence-corrected chi connectivity index (χ4v) is 2.80. The van der Waals surface area contributed by atoms with Crippen molar-refractivity contribution in [1.29, 1.82) is 0 Å². The molecule has 0 spiro atoms. The van der Waals surface area contributed by atoms with Crippen LogP contribution >= 0.6 is 23.2 Å². The van der Waals surface area contributed by atoms with Gasteiger partial charge in [-0.15, -0.1) is 0 Å². The van der Waals surface area contributed by atoms with E-state index in [0.717, 1.165) is 16.5 Å². The maximum absolute atomic E-state index is 12.9. The van der Waals surface area contributed by atoms with E-state index in [1.165, 1.54) is 12.1 Å². The first-order valence-corrected chi connectivity index (χ1v) is 7.49. The van der Waals surface area contributed by atoms with Crippen LogP contribution in [0.2, 0.25) is 10.0 Å². The summed E-state index contributed by atoms with van der Waals surface area (Å²) >= 11 is 12.3. The van der Waals surface area contributed by atoms with Gasteiger partial charge in [-0.25, -0.2) is 4.39 Å². The molecule has 22 heavy (non-hydrogen) atoms. The van der Waals surface area contributed by atoms with Crippen LogP contribution in [0.3, 0.4) is 0 Å². The Labute approximate surface area is 137 Å². The zero-order chi connectivity index (χ0) is 15.7. The number of hydrogen-bond acceptors (Lipinski definition) is 1. The third kappa shape index (κ3) is 3.06. The summed E-state index contributed by atoms with van der Waals surface area (Å²) in [6.45, 7) is 3.99. The summed E-state index contributed by atoms with van der Waals surface area (Å²) in [6, 6.07) is 9.80. The number of ether oxygens (including phenoxy) is 1. The molecule has 2 aromatic carbocycles. The van der Waals surface area contributed by atoms with Gasteiger partial charge in [-0.3, -0.25) is 0 Å². The number of benzene rings is 2. The molecule has 5 heteroatoms. The van der Waals surface area contributed by atoms with Gasteiger partial charge in [0.2, 0.25) is 0 Å². The molecule has 0 saturated heterocycles. The van der Waals surface area contributed by atoms with Gasteiger partial charge < -0.3 is 9.72 Å². The summed E-state index contributed by atoms with van der Waals surface area (Å²) in [4.78, 5) is 3.02. The minimum atomic E-state index is -0.333. The molecule has 0 bridgehead atoms. The van der Waals surface area contributed by atoms with E-state index in [1.807, 2.05) is 0 Å². The Morgan fingerprint density at radius 3 is 2.55 bits per heavy atom. The predicted octanol–water partition coefficient (Wildman–Crippen LogP) is 5.44. The van der Waals surface area contributed by atoms with Crippen molar-refractivity contribution in [3.63, 3.8) is 0 Å². The first-order chi connectivity index (χ1) is 10.5. The van der Waals surface area contributed by atoms with Crippen LogP contribution in [-0.2, 0) is 6.42 Å². The second kappa shape index (κ2) is 6.19. The fraction of sp³-hybridized carbons (Fsp3) is 0.118. The lowest BCUT2D eigenvalue weighted by atomic mass is 10.1. The summed E-state index contributed by atoms with van der Waals surface area (Å²) in [5.74, 6) is 0.358. The summed E-state index contributed by atoms with van der Waals surface area (Å²) in [5.41, 5.74) is 1.69. The molecule has 1 atom stereocenters. The van der Waals surface area contributed by atoms with E-state index in [1.54, 1.807) is 30.5 Å². The van der Waals surface area contributed by atoms with Gasteiger partial charge in [-0.1, -0.05) is 35.3 Å². The van der Waals surface area contributed by atoms with E-state index in [9.17, 15) is 4.39 Å². The van der Waals surface area contributed by atoms with E-state index >= 15 is 0 Å². The van der Waals surface area contributed by atoms with Crippen LogP contribution in [0, 0.1) is 12.7 Å². The molecule has 0 amide bonds. The molecule has 0 fully saturated rings. The van der Waals surface area contributed by atoms with Crippen molar-refractivity contribution in [3.8, 4) is 5.75 Å². The normalized spacial score (nSPS) is 12.5. The zero-order valence-electron chi connectivity index (χ0n) is 11.6. The number of H-pyrrole nitrogens is 1. The molecule has 0 aliphatic carbocycles.